The molecule has 1 aromatic carbocycles. The molecule has 21 heavy (non-hydrogen) atoms. The maximum atomic E-state index is 12.1. The summed E-state index contributed by atoms with van der Waals surface area (Å²) in [5.74, 6) is -0.129. The standard InChI is InChI=1S/C13H12N4OS3/c1-8(20-13-17-16-12(19-2)21-13)11(18)15-10-5-3-4-9(6-10)7-14/h3-6,8H,1-2H3,(H,15,18)/t8-/m0/s1. The number of thioether (sulfide) groups is 2. The van der Waals surface area contributed by atoms with E-state index in [1.807, 2.05) is 19.2 Å². The van der Waals surface area contributed by atoms with Crippen molar-refractivity contribution in [1.82, 2.24) is 10.2 Å². The number of nitrogens with one attached hydrogen (secondary N) is 1. The number of hydrogen-bond acceptors (Lipinski definition) is 7. The zero-order valence-electron chi connectivity index (χ0n) is 11.4. The topological polar surface area (TPSA) is 78.7 Å². The number of nitriles is 1. The van der Waals surface area contributed by atoms with Crippen molar-refractivity contribution in [1.29, 1.82) is 5.26 Å². The molecule has 1 amide bonds. The van der Waals surface area contributed by atoms with Crippen molar-refractivity contribution in [3.63, 3.8) is 0 Å². The second-order valence-electron chi connectivity index (χ2n) is 3.98. The van der Waals surface area contributed by atoms with Gasteiger partial charge in [-0.2, -0.15) is 5.26 Å². The van der Waals surface area contributed by atoms with Gasteiger partial charge in [0.15, 0.2) is 8.68 Å². The number of carbonyl (C=O) groups excluding carboxylic acids is 1. The average molecular weight is 336 g/mol. The van der Waals surface area contributed by atoms with E-state index in [0.29, 0.717) is 11.3 Å². The number of carbonyl (C=O) groups is 1. The normalized spacial score (nSPS) is 11.7. The molecule has 1 N–H and O–H groups in total. The van der Waals surface area contributed by atoms with Crippen LogP contribution in [0.5, 0.6) is 0 Å². The quantitative estimate of drug-likeness (QED) is 0.844. The Bertz CT molecular complexity index is 680. The molecule has 0 unspecified atom stereocenters. The van der Waals surface area contributed by atoms with E-state index < -0.39 is 0 Å². The molecule has 5 nitrogen and oxygen atoms in total. The lowest BCUT2D eigenvalue weighted by Crippen LogP contribution is -2.22. The maximum absolute atomic E-state index is 12.1. The highest BCUT2D eigenvalue weighted by atomic mass is 32.2. The van der Waals surface area contributed by atoms with Gasteiger partial charge in [0.2, 0.25) is 5.91 Å². The Labute approximate surface area is 135 Å². The summed E-state index contributed by atoms with van der Waals surface area (Å²) in [6, 6.07) is 8.88. The molecular weight excluding hydrogens is 324 g/mol. The third-order valence-corrected chi connectivity index (χ3v) is 5.55. The Kier molecular flexibility index (Phi) is 5.61. The molecule has 0 radical (unpaired) electrons. The minimum absolute atomic E-state index is 0.129. The molecule has 0 fully saturated rings. The largest absolute Gasteiger partial charge is 0.325 e. The van der Waals surface area contributed by atoms with E-state index in [9.17, 15) is 4.79 Å². The average Bonchev–Trinajstić information content (AvgIpc) is 2.95. The summed E-state index contributed by atoms with van der Waals surface area (Å²) in [6.45, 7) is 1.81. The molecule has 0 aliphatic rings. The monoisotopic (exact) mass is 336 g/mol. The van der Waals surface area contributed by atoms with Crippen LogP contribution in [0.4, 0.5) is 5.69 Å². The van der Waals surface area contributed by atoms with Crippen molar-refractivity contribution >= 4 is 46.5 Å². The van der Waals surface area contributed by atoms with Crippen LogP contribution >= 0.6 is 34.9 Å². The number of amides is 1. The first-order valence-electron chi connectivity index (χ1n) is 5.97. The van der Waals surface area contributed by atoms with Crippen molar-refractivity contribution in [2.75, 3.05) is 11.6 Å². The molecule has 0 spiro atoms. The van der Waals surface area contributed by atoms with Crippen LogP contribution in [0, 0.1) is 11.3 Å². The Morgan fingerprint density at radius 3 is 2.86 bits per heavy atom. The van der Waals surface area contributed by atoms with Crippen molar-refractivity contribution < 1.29 is 4.79 Å². The highest BCUT2D eigenvalue weighted by Crippen LogP contribution is 2.30. The number of rotatable bonds is 5. The summed E-state index contributed by atoms with van der Waals surface area (Å²) in [4.78, 5) is 12.1. The minimum Gasteiger partial charge on any atom is -0.325 e. The lowest BCUT2D eigenvalue weighted by molar-refractivity contribution is -0.115. The van der Waals surface area contributed by atoms with Gasteiger partial charge in [0.25, 0.3) is 0 Å². The lowest BCUT2D eigenvalue weighted by Gasteiger charge is -2.10. The van der Waals surface area contributed by atoms with Gasteiger partial charge < -0.3 is 5.32 Å². The van der Waals surface area contributed by atoms with Gasteiger partial charge in [-0.3, -0.25) is 4.79 Å². The van der Waals surface area contributed by atoms with Gasteiger partial charge in [-0.15, -0.1) is 10.2 Å². The fourth-order valence-corrected chi connectivity index (χ4v) is 4.02. The molecule has 1 aromatic heterocycles. The molecule has 2 rings (SSSR count). The van der Waals surface area contributed by atoms with Gasteiger partial charge >= 0.3 is 0 Å². The molecule has 108 valence electrons. The fourth-order valence-electron chi connectivity index (χ4n) is 1.44. The zero-order chi connectivity index (χ0) is 15.2. The Balaban J connectivity index is 1.97. The van der Waals surface area contributed by atoms with Crippen molar-refractivity contribution in [2.24, 2.45) is 0 Å². The predicted octanol–water partition coefficient (Wildman–Crippen LogP) is 3.25. The second-order valence-corrected chi connectivity index (χ2v) is 7.60. The number of hydrogen-bond donors (Lipinski definition) is 1. The number of anilines is 1. The first kappa shape index (κ1) is 15.8. The Hall–Kier alpha value is -1.56. The van der Waals surface area contributed by atoms with E-state index in [4.69, 9.17) is 5.26 Å². The van der Waals surface area contributed by atoms with Gasteiger partial charge in [0.1, 0.15) is 0 Å². The number of aromatic nitrogens is 2. The zero-order valence-corrected chi connectivity index (χ0v) is 13.8. The minimum atomic E-state index is -0.293. The third kappa shape index (κ3) is 4.46. The molecule has 0 saturated carbocycles. The summed E-state index contributed by atoms with van der Waals surface area (Å²) in [5.41, 5.74) is 1.13. The first-order chi connectivity index (χ1) is 10.1. The van der Waals surface area contributed by atoms with Crippen LogP contribution in [-0.4, -0.2) is 27.6 Å². The van der Waals surface area contributed by atoms with Gasteiger partial charge in [-0.1, -0.05) is 40.9 Å². The summed E-state index contributed by atoms with van der Waals surface area (Å²) < 4.78 is 1.65. The molecule has 0 aliphatic carbocycles. The Morgan fingerprint density at radius 2 is 2.19 bits per heavy atom. The van der Waals surface area contributed by atoms with E-state index in [1.54, 1.807) is 24.3 Å². The number of nitrogens with zero attached hydrogens (tertiary/aromatic N) is 3. The van der Waals surface area contributed by atoms with Crippen LogP contribution in [0.15, 0.2) is 32.9 Å². The third-order valence-electron chi connectivity index (χ3n) is 2.47. The first-order valence-corrected chi connectivity index (χ1v) is 8.89. The number of benzene rings is 1. The molecule has 2 aromatic rings. The molecule has 1 heterocycles. The highest BCUT2D eigenvalue weighted by Gasteiger charge is 2.17. The van der Waals surface area contributed by atoms with E-state index in [1.165, 1.54) is 34.9 Å². The molecular formula is C13H12N4OS3. The van der Waals surface area contributed by atoms with Gasteiger partial charge in [-0.25, -0.2) is 0 Å². The van der Waals surface area contributed by atoms with Crippen LogP contribution in [0.25, 0.3) is 0 Å². The van der Waals surface area contributed by atoms with Crippen LogP contribution < -0.4 is 5.32 Å². The SMILES string of the molecule is CSc1nnc(S[C@@H](C)C(=O)Nc2cccc(C#N)c2)s1. The lowest BCUT2D eigenvalue weighted by atomic mass is 10.2. The summed E-state index contributed by atoms with van der Waals surface area (Å²) in [7, 11) is 0. The van der Waals surface area contributed by atoms with Crippen molar-refractivity contribution in [3.8, 4) is 6.07 Å². The predicted molar refractivity (Wildman–Crippen MR) is 86.8 cm³/mol. The van der Waals surface area contributed by atoms with E-state index in [2.05, 4.69) is 15.5 Å². The van der Waals surface area contributed by atoms with Crippen LogP contribution in [0.3, 0.4) is 0 Å². The van der Waals surface area contributed by atoms with Crippen molar-refractivity contribution in [2.45, 2.75) is 20.9 Å². The van der Waals surface area contributed by atoms with Crippen LogP contribution in [-0.2, 0) is 4.79 Å². The summed E-state index contributed by atoms with van der Waals surface area (Å²) in [6.07, 6.45) is 1.94. The van der Waals surface area contributed by atoms with Gasteiger partial charge in [0, 0.05) is 5.69 Å². The molecule has 1 atom stereocenters. The molecule has 0 bridgehead atoms. The van der Waals surface area contributed by atoms with Gasteiger partial charge in [-0.05, 0) is 31.4 Å². The Morgan fingerprint density at radius 1 is 1.43 bits per heavy atom. The van der Waals surface area contributed by atoms with Crippen LogP contribution in [0.1, 0.15) is 12.5 Å². The van der Waals surface area contributed by atoms with Crippen molar-refractivity contribution in [3.05, 3.63) is 29.8 Å². The molecule has 0 saturated heterocycles. The molecule has 8 heteroatoms. The van der Waals surface area contributed by atoms with Gasteiger partial charge in [0.05, 0.1) is 16.9 Å². The van der Waals surface area contributed by atoms with E-state index >= 15 is 0 Å². The highest BCUT2D eigenvalue weighted by molar-refractivity contribution is 8.03. The van der Waals surface area contributed by atoms with E-state index in [0.717, 1.165) is 8.68 Å². The summed E-state index contributed by atoms with van der Waals surface area (Å²) in [5, 5.41) is 19.4. The smallest absolute Gasteiger partial charge is 0.237 e. The maximum Gasteiger partial charge on any atom is 0.237 e. The summed E-state index contributed by atoms with van der Waals surface area (Å²) >= 11 is 4.38. The fraction of sp³-hybridized carbons (Fsp3) is 0.231. The van der Waals surface area contributed by atoms with Crippen LogP contribution in [0.2, 0.25) is 0 Å². The second kappa shape index (κ2) is 7.45. The molecule has 0 aliphatic heterocycles. The van der Waals surface area contributed by atoms with E-state index in [-0.39, 0.29) is 11.2 Å².